The van der Waals surface area contributed by atoms with Crippen LogP contribution in [0.5, 0.6) is 0 Å². The zero-order valence-electron chi connectivity index (χ0n) is 10.2. The summed E-state index contributed by atoms with van der Waals surface area (Å²) in [4.78, 5) is 31.6. The third-order valence-electron chi connectivity index (χ3n) is 2.33. The van der Waals surface area contributed by atoms with Gasteiger partial charge in [-0.05, 0) is 23.3 Å². The molecule has 0 fully saturated rings. The average Bonchev–Trinajstić information content (AvgIpc) is 2.41. The molecule has 1 rings (SSSR count). The second-order valence-electron chi connectivity index (χ2n) is 3.81. The van der Waals surface area contributed by atoms with E-state index in [2.05, 4.69) is 0 Å². The highest BCUT2D eigenvalue weighted by Crippen LogP contribution is 2.08. The number of carbonyl (C=O) groups is 2. The summed E-state index contributed by atoms with van der Waals surface area (Å²) in [6.45, 7) is 0. The van der Waals surface area contributed by atoms with Gasteiger partial charge in [-0.1, -0.05) is 36.4 Å². The van der Waals surface area contributed by atoms with Crippen LogP contribution in [0, 0.1) is 0 Å². The lowest BCUT2D eigenvalue weighted by molar-refractivity contribution is -0.138. The first-order valence-electron chi connectivity index (χ1n) is 5.69. The van der Waals surface area contributed by atoms with Gasteiger partial charge in [0.2, 0.25) is 6.29 Å². The van der Waals surface area contributed by atoms with Gasteiger partial charge >= 0.3 is 5.97 Å². The largest absolute Gasteiger partial charge is 0.481 e. The van der Waals surface area contributed by atoms with E-state index >= 15 is 0 Å². The van der Waals surface area contributed by atoms with Gasteiger partial charge < -0.3 is 5.11 Å². The van der Waals surface area contributed by atoms with Gasteiger partial charge in [0.05, 0.1) is 6.42 Å². The van der Waals surface area contributed by atoms with Crippen molar-refractivity contribution < 1.29 is 19.5 Å². The second kappa shape index (κ2) is 7.76. The lowest BCUT2D eigenvalue weighted by Crippen LogP contribution is -1.99. The van der Waals surface area contributed by atoms with Crippen LogP contribution in [-0.2, 0) is 14.4 Å². The van der Waals surface area contributed by atoms with E-state index in [9.17, 15) is 14.4 Å². The summed E-state index contributed by atoms with van der Waals surface area (Å²) in [6.07, 6.45) is 7.40. The lowest BCUT2D eigenvalue weighted by atomic mass is 10.1. The SMILES string of the molecule is O=[C]C=Cc1ccc(C=CC(=O)CCC(=O)O)cc1. The van der Waals surface area contributed by atoms with Crippen LogP contribution in [0.1, 0.15) is 24.0 Å². The first kappa shape index (κ1) is 14.6. The average molecular weight is 257 g/mol. The lowest BCUT2D eigenvalue weighted by Gasteiger charge is -1.95. The van der Waals surface area contributed by atoms with Crippen LogP contribution in [0.4, 0.5) is 0 Å². The Morgan fingerprint density at radius 2 is 1.63 bits per heavy atom. The molecule has 0 amide bonds. The molecular formula is C15H13O4. The van der Waals surface area contributed by atoms with Crippen LogP contribution >= 0.6 is 0 Å². The molecule has 0 aliphatic rings. The van der Waals surface area contributed by atoms with E-state index in [1.54, 1.807) is 42.7 Å². The topological polar surface area (TPSA) is 71.4 Å². The van der Waals surface area contributed by atoms with E-state index < -0.39 is 5.97 Å². The monoisotopic (exact) mass is 257 g/mol. The molecule has 0 aliphatic heterocycles. The van der Waals surface area contributed by atoms with E-state index in [4.69, 9.17) is 5.11 Å². The van der Waals surface area contributed by atoms with Crippen LogP contribution in [0.25, 0.3) is 12.2 Å². The zero-order chi connectivity index (χ0) is 14.1. The number of carboxylic acids is 1. The number of carboxylic acid groups (broad SMARTS) is 1. The molecule has 0 aromatic heterocycles. The zero-order valence-corrected chi connectivity index (χ0v) is 10.2. The quantitative estimate of drug-likeness (QED) is 0.760. The summed E-state index contributed by atoms with van der Waals surface area (Å²) >= 11 is 0. The van der Waals surface area contributed by atoms with Gasteiger partial charge in [0.25, 0.3) is 0 Å². The maximum atomic E-state index is 11.3. The summed E-state index contributed by atoms with van der Waals surface area (Å²) in [5.74, 6) is -1.20. The molecule has 0 unspecified atom stereocenters. The Labute approximate surface area is 111 Å². The first-order valence-corrected chi connectivity index (χ1v) is 5.69. The second-order valence-corrected chi connectivity index (χ2v) is 3.81. The van der Waals surface area contributed by atoms with Gasteiger partial charge in [0.15, 0.2) is 5.78 Å². The van der Waals surface area contributed by atoms with Crippen molar-refractivity contribution in [1.29, 1.82) is 0 Å². The molecule has 1 aromatic rings. The first-order chi connectivity index (χ1) is 9.11. The van der Waals surface area contributed by atoms with Crippen LogP contribution < -0.4 is 0 Å². The van der Waals surface area contributed by atoms with Crippen molar-refractivity contribution in [3.63, 3.8) is 0 Å². The van der Waals surface area contributed by atoms with E-state index in [1.807, 2.05) is 0 Å². The number of carbonyl (C=O) groups excluding carboxylic acids is 2. The Hall–Kier alpha value is -2.49. The van der Waals surface area contributed by atoms with Crippen molar-refractivity contribution in [1.82, 2.24) is 0 Å². The van der Waals surface area contributed by atoms with E-state index in [0.717, 1.165) is 11.1 Å². The molecule has 0 aliphatic carbocycles. The molecule has 0 atom stereocenters. The molecule has 1 radical (unpaired) electrons. The molecule has 0 saturated carbocycles. The van der Waals surface area contributed by atoms with E-state index in [0.29, 0.717) is 0 Å². The smallest absolute Gasteiger partial charge is 0.303 e. The van der Waals surface area contributed by atoms with Gasteiger partial charge in [-0.15, -0.1) is 0 Å². The minimum Gasteiger partial charge on any atom is -0.481 e. The van der Waals surface area contributed by atoms with Gasteiger partial charge in [-0.25, -0.2) is 0 Å². The van der Waals surface area contributed by atoms with Gasteiger partial charge in [0, 0.05) is 6.42 Å². The van der Waals surface area contributed by atoms with E-state index in [-0.39, 0.29) is 18.6 Å². The Balaban J connectivity index is 2.57. The molecule has 0 spiro atoms. The van der Waals surface area contributed by atoms with Crippen LogP contribution in [0.3, 0.4) is 0 Å². The molecular weight excluding hydrogens is 244 g/mol. The van der Waals surface area contributed by atoms with Crippen LogP contribution in [0.15, 0.2) is 36.4 Å². The fraction of sp³-hybridized carbons (Fsp3) is 0.133. The molecule has 0 heterocycles. The third kappa shape index (κ3) is 6.12. The maximum absolute atomic E-state index is 11.3. The molecule has 0 saturated heterocycles. The molecule has 0 bridgehead atoms. The predicted octanol–water partition coefficient (Wildman–Crippen LogP) is 2.26. The normalized spacial score (nSPS) is 10.9. The molecule has 97 valence electrons. The van der Waals surface area contributed by atoms with Crippen molar-refractivity contribution in [2.24, 2.45) is 0 Å². The highest BCUT2D eigenvalue weighted by Gasteiger charge is 2.01. The minimum atomic E-state index is -0.982. The Kier molecular flexibility index (Phi) is 5.95. The maximum Gasteiger partial charge on any atom is 0.303 e. The van der Waals surface area contributed by atoms with Crippen molar-refractivity contribution in [3.05, 3.63) is 47.5 Å². The summed E-state index contributed by atoms with van der Waals surface area (Å²) in [6, 6.07) is 7.20. The molecule has 1 aromatic carbocycles. The standard InChI is InChI=1S/C15H13O4/c16-11-1-2-12-3-5-13(6-4-12)7-8-14(17)9-10-15(18)19/h1-8H,9-10H2,(H,18,19). The number of ketones is 1. The van der Waals surface area contributed by atoms with Crippen molar-refractivity contribution in [2.45, 2.75) is 12.8 Å². The number of hydrogen-bond acceptors (Lipinski definition) is 3. The van der Waals surface area contributed by atoms with Gasteiger partial charge in [-0.3, -0.25) is 14.4 Å². The predicted molar refractivity (Wildman–Crippen MR) is 72.1 cm³/mol. The van der Waals surface area contributed by atoms with Crippen LogP contribution in [0.2, 0.25) is 0 Å². The molecule has 4 heteroatoms. The summed E-state index contributed by atoms with van der Waals surface area (Å²) < 4.78 is 0. The number of allylic oxidation sites excluding steroid dienone is 2. The number of hydrogen-bond donors (Lipinski definition) is 1. The van der Waals surface area contributed by atoms with Crippen LogP contribution in [-0.4, -0.2) is 23.1 Å². The summed E-state index contributed by atoms with van der Waals surface area (Å²) in [5, 5.41) is 8.44. The molecule has 1 N–H and O–H groups in total. The molecule has 19 heavy (non-hydrogen) atoms. The van der Waals surface area contributed by atoms with Crippen molar-refractivity contribution in [3.8, 4) is 0 Å². The minimum absolute atomic E-state index is 0.00181. The van der Waals surface area contributed by atoms with E-state index in [1.165, 1.54) is 12.2 Å². The summed E-state index contributed by atoms with van der Waals surface area (Å²) in [7, 11) is 0. The number of rotatable bonds is 7. The number of aliphatic carboxylic acids is 1. The fourth-order valence-electron chi connectivity index (χ4n) is 1.35. The van der Waals surface area contributed by atoms with Crippen molar-refractivity contribution >= 4 is 30.2 Å². The number of benzene rings is 1. The highest BCUT2D eigenvalue weighted by molar-refractivity contribution is 5.95. The Morgan fingerprint density at radius 3 is 2.16 bits per heavy atom. The Morgan fingerprint density at radius 1 is 1.05 bits per heavy atom. The summed E-state index contributed by atoms with van der Waals surface area (Å²) in [5.41, 5.74) is 1.69. The molecule has 4 nitrogen and oxygen atoms in total. The Bertz CT molecular complexity index is 509. The highest BCUT2D eigenvalue weighted by atomic mass is 16.4. The van der Waals surface area contributed by atoms with Gasteiger partial charge in [-0.2, -0.15) is 0 Å². The third-order valence-corrected chi connectivity index (χ3v) is 2.33. The van der Waals surface area contributed by atoms with Gasteiger partial charge in [0.1, 0.15) is 0 Å². The van der Waals surface area contributed by atoms with Crippen molar-refractivity contribution in [2.75, 3.05) is 0 Å². The fourth-order valence-corrected chi connectivity index (χ4v) is 1.35.